The van der Waals surface area contributed by atoms with Crippen LogP contribution in [0.4, 0.5) is 5.82 Å². The van der Waals surface area contributed by atoms with Crippen LogP contribution >= 0.6 is 0 Å². The largest absolute Gasteiger partial charge is 0.383 e. The zero-order valence-electron chi connectivity index (χ0n) is 7.80. The van der Waals surface area contributed by atoms with E-state index >= 15 is 0 Å². The molecule has 0 saturated heterocycles. The summed E-state index contributed by atoms with van der Waals surface area (Å²) in [5, 5.41) is 0. The number of pyridine rings is 1. The van der Waals surface area contributed by atoms with Crippen LogP contribution in [-0.2, 0) is 6.42 Å². The van der Waals surface area contributed by atoms with E-state index in [2.05, 4.69) is 18.0 Å². The fourth-order valence-electron chi connectivity index (χ4n) is 1.16. The molecule has 1 rings (SSSR count). The summed E-state index contributed by atoms with van der Waals surface area (Å²) in [6.07, 6.45) is 5.44. The molecule has 0 radical (unpaired) electrons. The first-order valence-corrected chi connectivity index (χ1v) is 4.45. The molecule has 0 unspecified atom stereocenters. The Kier molecular flexibility index (Phi) is 3.09. The van der Waals surface area contributed by atoms with Crippen LogP contribution in [0.5, 0.6) is 0 Å². The van der Waals surface area contributed by atoms with Gasteiger partial charge in [-0.05, 0) is 30.9 Å². The van der Waals surface area contributed by atoms with Crippen LogP contribution in [0, 0.1) is 6.92 Å². The van der Waals surface area contributed by atoms with Crippen LogP contribution in [0.25, 0.3) is 0 Å². The minimum absolute atomic E-state index is 0.648. The summed E-state index contributed by atoms with van der Waals surface area (Å²) in [5.74, 6) is 0.648. The number of hydrogen-bond acceptors (Lipinski definition) is 2. The van der Waals surface area contributed by atoms with Crippen molar-refractivity contribution in [2.45, 2.75) is 33.1 Å². The van der Waals surface area contributed by atoms with Gasteiger partial charge in [0.25, 0.3) is 0 Å². The Balaban J connectivity index is 2.69. The average Bonchev–Trinajstić information content (AvgIpc) is 2.07. The second kappa shape index (κ2) is 4.10. The minimum atomic E-state index is 0.648. The van der Waals surface area contributed by atoms with Gasteiger partial charge in [-0.3, -0.25) is 0 Å². The zero-order valence-corrected chi connectivity index (χ0v) is 7.80. The van der Waals surface area contributed by atoms with Crippen molar-refractivity contribution in [3.05, 3.63) is 23.4 Å². The normalized spacial score (nSPS) is 10.2. The van der Waals surface area contributed by atoms with E-state index in [4.69, 9.17) is 5.73 Å². The maximum Gasteiger partial charge on any atom is 0.126 e. The lowest BCUT2D eigenvalue weighted by atomic mass is 10.1. The lowest BCUT2D eigenvalue weighted by molar-refractivity contribution is 0.791. The molecule has 0 bridgehead atoms. The Bertz CT molecular complexity index is 256. The van der Waals surface area contributed by atoms with Gasteiger partial charge in [-0.15, -0.1) is 0 Å². The molecule has 2 heteroatoms. The van der Waals surface area contributed by atoms with Crippen LogP contribution in [0.3, 0.4) is 0 Å². The Hall–Kier alpha value is -1.05. The molecule has 66 valence electrons. The number of aromatic nitrogens is 1. The quantitative estimate of drug-likeness (QED) is 0.744. The van der Waals surface area contributed by atoms with Crippen molar-refractivity contribution < 1.29 is 0 Å². The Morgan fingerprint density at radius 1 is 1.50 bits per heavy atom. The second-order valence-electron chi connectivity index (χ2n) is 3.15. The Morgan fingerprint density at radius 2 is 2.25 bits per heavy atom. The average molecular weight is 164 g/mol. The smallest absolute Gasteiger partial charge is 0.126 e. The van der Waals surface area contributed by atoms with E-state index in [-0.39, 0.29) is 0 Å². The van der Waals surface area contributed by atoms with Gasteiger partial charge in [-0.2, -0.15) is 0 Å². The first-order chi connectivity index (χ1) is 5.74. The van der Waals surface area contributed by atoms with E-state index in [0.717, 1.165) is 12.0 Å². The third-order valence-electron chi connectivity index (χ3n) is 1.99. The predicted octanol–water partition coefficient (Wildman–Crippen LogP) is 2.31. The Labute approximate surface area is 73.8 Å². The maximum atomic E-state index is 5.61. The van der Waals surface area contributed by atoms with Crippen molar-refractivity contribution >= 4 is 5.82 Å². The number of aryl methyl sites for hydroxylation is 2. The molecule has 0 aliphatic heterocycles. The molecule has 0 amide bonds. The standard InChI is InChI=1S/C10H16N2/c1-3-4-5-9-6-8(2)10(11)12-7-9/h6-7H,3-5H2,1-2H3,(H2,11,12). The molecule has 0 aliphatic rings. The van der Waals surface area contributed by atoms with Crippen LogP contribution in [0.15, 0.2) is 12.3 Å². The highest BCUT2D eigenvalue weighted by molar-refractivity contribution is 5.39. The van der Waals surface area contributed by atoms with Crippen molar-refractivity contribution in [3.8, 4) is 0 Å². The molecule has 0 aliphatic carbocycles. The third-order valence-corrected chi connectivity index (χ3v) is 1.99. The number of hydrogen-bond donors (Lipinski definition) is 1. The van der Waals surface area contributed by atoms with E-state index in [1.807, 2.05) is 13.1 Å². The highest BCUT2D eigenvalue weighted by Crippen LogP contribution is 2.10. The van der Waals surface area contributed by atoms with Gasteiger partial charge in [-0.1, -0.05) is 19.4 Å². The van der Waals surface area contributed by atoms with Gasteiger partial charge in [0, 0.05) is 6.20 Å². The van der Waals surface area contributed by atoms with Gasteiger partial charge in [0.2, 0.25) is 0 Å². The molecule has 2 nitrogen and oxygen atoms in total. The van der Waals surface area contributed by atoms with Crippen molar-refractivity contribution in [1.82, 2.24) is 4.98 Å². The fourth-order valence-corrected chi connectivity index (χ4v) is 1.16. The first-order valence-electron chi connectivity index (χ1n) is 4.45. The summed E-state index contributed by atoms with van der Waals surface area (Å²) in [5.41, 5.74) is 7.99. The fraction of sp³-hybridized carbons (Fsp3) is 0.500. The second-order valence-corrected chi connectivity index (χ2v) is 3.15. The van der Waals surface area contributed by atoms with Crippen molar-refractivity contribution in [1.29, 1.82) is 0 Å². The van der Waals surface area contributed by atoms with Crippen LogP contribution in [0.2, 0.25) is 0 Å². The number of anilines is 1. The summed E-state index contributed by atoms with van der Waals surface area (Å²) >= 11 is 0. The van der Waals surface area contributed by atoms with Gasteiger partial charge >= 0.3 is 0 Å². The van der Waals surface area contributed by atoms with Crippen molar-refractivity contribution in [2.75, 3.05) is 5.73 Å². The van der Waals surface area contributed by atoms with E-state index in [1.54, 1.807) is 0 Å². The van der Waals surface area contributed by atoms with Crippen molar-refractivity contribution in [2.24, 2.45) is 0 Å². The lowest BCUT2D eigenvalue weighted by Crippen LogP contribution is -1.95. The Morgan fingerprint density at radius 3 is 2.83 bits per heavy atom. The summed E-state index contributed by atoms with van der Waals surface area (Å²) in [7, 11) is 0. The summed E-state index contributed by atoms with van der Waals surface area (Å²) in [6.45, 7) is 4.19. The molecule has 1 aromatic rings. The topological polar surface area (TPSA) is 38.9 Å². The molecular formula is C10H16N2. The van der Waals surface area contributed by atoms with E-state index in [0.29, 0.717) is 5.82 Å². The summed E-state index contributed by atoms with van der Waals surface area (Å²) in [6, 6.07) is 2.12. The predicted molar refractivity (Wildman–Crippen MR) is 52.0 cm³/mol. The zero-order chi connectivity index (χ0) is 8.97. The number of nitrogens with zero attached hydrogens (tertiary/aromatic N) is 1. The summed E-state index contributed by atoms with van der Waals surface area (Å²) in [4.78, 5) is 4.11. The number of unbranched alkanes of at least 4 members (excludes halogenated alkanes) is 1. The van der Waals surface area contributed by atoms with Gasteiger partial charge in [0.05, 0.1) is 0 Å². The number of nitrogens with two attached hydrogens (primary N) is 1. The molecule has 0 spiro atoms. The van der Waals surface area contributed by atoms with Crippen LogP contribution in [-0.4, -0.2) is 4.98 Å². The molecule has 1 heterocycles. The molecule has 0 saturated carbocycles. The number of nitrogen functional groups attached to an aromatic ring is 1. The maximum absolute atomic E-state index is 5.61. The molecule has 0 fully saturated rings. The highest BCUT2D eigenvalue weighted by atomic mass is 14.8. The molecule has 1 aromatic heterocycles. The summed E-state index contributed by atoms with van der Waals surface area (Å²) < 4.78 is 0. The lowest BCUT2D eigenvalue weighted by Gasteiger charge is -2.02. The van der Waals surface area contributed by atoms with Crippen LogP contribution < -0.4 is 5.73 Å². The molecule has 0 atom stereocenters. The SMILES string of the molecule is CCCCc1cnc(N)c(C)c1. The molecule has 2 N–H and O–H groups in total. The highest BCUT2D eigenvalue weighted by Gasteiger charge is 1.96. The molecule has 0 aromatic carbocycles. The van der Waals surface area contributed by atoms with Gasteiger partial charge in [-0.25, -0.2) is 4.98 Å². The monoisotopic (exact) mass is 164 g/mol. The first kappa shape index (κ1) is 9.04. The van der Waals surface area contributed by atoms with E-state index in [1.165, 1.54) is 18.4 Å². The van der Waals surface area contributed by atoms with Gasteiger partial charge in [0.15, 0.2) is 0 Å². The van der Waals surface area contributed by atoms with Crippen molar-refractivity contribution in [3.63, 3.8) is 0 Å². The van der Waals surface area contributed by atoms with E-state index < -0.39 is 0 Å². The van der Waals surface area contributed by atoms with Crippen LogP contribution in [0.1, 0.15) is 30.9 Å². The van der Waals surface area contributed by atoms with E-state index in [9.17, 15) is 0 Å². The van der Waals surface area contributed by atoms with Gasteiger partial charge < -0.3 is 5.73 Å². The minimum Gasteiger partial charge on any atom is -0.383 e. The van der Waals surface area contributed by atoms with Gasteiger partial charge in [0.1, 0.15) is 5.82 Å². The molecule has 12 heavy (non-hydrogen) atoms. The number of rotatable bonds is 3. The molecular weight excluding hydrogens is 148 g/mol. The third kappa shape index (κ3) is 2.22.